The lowest BCUT2D eigenvalue weighted by molar-refractivity contribution is -0.139. The van der Waals surface area contributed by atoms with Crippen molar-refractivity contribution >= 4 is 40.8 Å². The summed E-state index contributed by atoms with van der Waals surface area (Å²) in [7, 11) is 1.28. The summed E-state index contributed by atoms with van der Waals surface area (Å²) in [4.78, 5) is 48.5. The standard InChI is InChI=1S/C22H26N2O6S/c1-13(2)10-18(21(28)23-16-6-4-14(5-7-16)22(29)30-3)24-20(27)17(11-19(25)26)15-8-9-31-12-15/h4-9,12-13,17-18H,10-11H2,1-3H3,(H,23,28)(H,24,27)(H,25,26)/t17-,18?/m0/s1. The molecule has 0 bridgehead atoms. The summed E-state index contributed by atoms with van der Waals surface area (Å²) in [6.45, 7) is 3.84. The molecule has 1 aromatic heterocycles. The van der Waals surface area contributed by atoms with Crippen LogP contribution >= 0.6 is 11.3 Å². The van der Waals surface area contributed by atoms with Crippen LogP contribution in [0.25, 0.3) is 0 Å². The Morgan fingerprint density at radius 3 is 2.26 bits per heavy atom. The van der Waals surface area contributed by atoms with E-state index in [1.165, 1.54) is 30.6 Å². The maximum Gasteiger partial charge on any atom is 0.337 e. The minimum atomic E-state index is -1.10. The van der Waals surface area contributed by atoms with Gasteiger partial charge < -0.3 is 20.5 Å². The van der Waals surface area contributed by atoms with Gasteiger partial charge in [-0.3, -0.25) is 14.4 Å². The minimum Gasteiger partial charge on any atom is -0.481 e. The number of benzene rings is 1. The van der Waals surface area contributed by atoms with Crippen molar-refractivity contribution in [2.24, 2.45) is 5.92 Å². The van der Waals surface area contributed by atoms with E-state index in [1.807, 2.05) is 13.8 Å². The summed E-state index contributed by atoms with van der Waals surface area (Å²) in [6.07, 6.45) is 0.00875. The maximum absolute atomic E-state index is 12.9. The van der Waals surface area contributed by atoms with Gasteiger partial charge in [0.25, 0.3) is 0 Å². The summed E-state index contributed by atoms with van der Waals surface area (Å²) in [5.41, 5.74) is 1.41. The maximum atomic E-state index is 12.9. The molecule has 0 saturated carbocycles. The molecule has 8 nitrogen and oxygen atoms in total. The molecule has 0 saturated heterocycles. The van der Waals surface area contributed by atoms with Gasteiger partial charge >= 0.3 is 11.9 Å². The van der Waals surface area contributed by atoms with Crippen molar-refractivity contribution < 1.29 is 29.0 Å². The molecule has 1 aromatic carbocycles. The molecule has 0 fully saturated rings. The zero-order chi connectivity index (χ0) is 23.0. The normalized spacial score (nSPS) is 12.6. The predicted octanol–water partition coefficient (Wildman–Crippen LogP) is 3.26. The van der Waals surface area contributed by atoms with Gasteiger partial charge in [0.1, 0.15) is 6.04 Å². The third kappa shape index (κ3) is 7.21. The van der Waals surface area contributed by atoms with Gasteiger partial charge in [-0.2, -0.15) is 11.3 Å². The molecule has 0 aliphatic rings. The van der Waals surface area contributed by atoms with Crippen molar-refractivity contribution in [1.29, 1.82) is 0 Å². The number of methoxy groups -OCH3 is 1. The molecule has 0 aliphatic carbocycles. The highest BCUT2D eigenvalue weighted by atomic mass is 32.1. The van der Waals surface area contributed by atoms with Crippen LogP contribution in [-0.4, -0.2) is 42.0 Å². The fourth-order valence-corrected chi connectivity index (χ4v) is 3.74. The highest BCUT2D eigenvalue weighted by Gasteiger charge is 2.29. The Morgan fingerprint density at radius 1 is 1.06 bits per heavy atom. The first-order chi connectivity index (χ1) is 14.7. The third-order valence-electron chi connectivity index (χ3n) is 4.55. The van der Waals surface area contributed by atoms with E-state index >= 15 is 0 Å². The van der Waals surface area contributed by atoms with Crippen molar-refractivity contribution in [3.63, 3.8) is 0 Å². The number of nitrogens with one attached hydrogen (secondary N) is 2. The van der Waals surface area contributed by atoms with Gasteiger partial charge in [0.05, 0.1) is 25.0 Å². The first-order valence-corrected chi connectivity index (χ1v) is 10.7. The molecule has 9 heteroatoms. The van der Waals surface area contributed by atoms with Gasteiger partial charge in [-0.05, 0) is 59.0 Å². The molecule has 166 valence electrons. The minimum absolute atomic E-state index is 0.108. The van der Waals surface area contributed by atoms with Gasteiger partial charge in [-0.1, -0.05) is 13.8 Å². The Bertz CT molecular complexity index is 909. The fraction of sp³-hybridized carbons (Fsp3) is 0.364. The largest absolute Gasteiger partial charge is 0.481 e. The number of aliphatic carboxylic acids is 1. The number of carbonyl (C=O) groups excluding carboxylic acids is 3. The van der Waals surface area contributed by atoms with Gasteiger partial charge in [0, 0.05) is 5.69 Å². The SMILES string of the molecule is COC(=O)c1ccc(NC(=O)C(CC(C)C)NC(=O)[C@@H](CC(=O)O)c2ccsc2)cc1. The lowest BCUT2D eigenvalue weighted by atomic mass is 9.96. The molecule has 2 rings (SSSR count). The van der Waals surface area contributed by atoms with Crippen LogP contribution in [0.3, 0.4) is 0 Å². The van der Waals surface area contributed by atoms with Crippen LogP contribution in [-0.2, 0) is 19.1 Å². The van der Waals surface area contributed by atoms with Gasteiger partial charge in [-0.25, -0.2) is 4.79 Å². The van der Waals surface area contributed by atoms with Crippen LogP contribution in [0.1, 0.15) is 48.5 Å². The molecule has 0 radical (unpaired) electrons. The zero-order valence-electron chi connectivity index (χ0n) is 17.6. The number of esters is 1. The number of rotatable bonds is 10. The van der Waals surface area contributed by atoms with E-state index in [0.29, 0.717) is 23.2 Å². The molecular formula is C22H26N2O6S. The smallest absolute Gasteiger partial charge is 0.337 e. The zero-order valence-corrected chi connectivity index (χ0v) is 18.4. The highest BCUT2D eigenvalue weighted by molar-refractivity contribution is 7.08. The molecule has 1 unspecified atom stereocenters. The Labute approximate surface area is 184 Å². The molecule has 0 spiro atoms. The first kappa shape index (κ1) is 24.1. The molecule has 1 heterocycles. The second-order valence-corrected chi connectivity index (χ2v) is 8.24. The number of amides is 2. The molecule has 0 aliphatic heterocycles. The number of hydrogen-bond donors (Lipinski definition) is 3. The van der Waals surface area contributed by atoms with E-state index in [-0.39, 0.29) is 12.3 Å². The molecular weight excluding hydrogens is 420 g/mol. The molecule has 2 amide bonds. The van der Waals surface area contributed by atoms with Crippen LogP contribution < -0.4 is 10.6 Å². The predicted molar refractivity (Wildman–Crippen MR) is 117 cm³/mol. The van der Waals surface area contributed by atoms with Gasteiger partial charge in [-0.15, -0.1) is 0 Å². The van der Waals surface area contributed by atoms with E-state index in [9.17, 15) is 24.3 Å². The number of carboxylic acids is 1. The Morgan fingerprint density at radius 2 is 1.74 bits per heavy atom. The summed E-state index contributed by atoms with van der Waals surface area (Å²) in [6, 6.07) is 7.04. The monoisotopic (exact) mass is 446 g/mol. The third-order valence-corrected chi connectivity index (χ3v) is 5.26. The summed E-state index contributed by atoms with van der Waals surface area (Å²) in [5.74, 6) is -3.29. The van der Waals surface area contributed by atoms with Gasteiger partial charge in [0.15, 0.2) is 0 Å². The number of thiophene rings is 1. The van der Waals surface area contributed by atoms with E-state index < -0.39 is 35.7 Å². The second-order valence-electron chi connectivity index (χ2n) is 7.46. The molecule has 2 aromatic rings. The van der Waals surface area contributed by atoms with Crippen molar-refractivity contribution in [2.75, 3.05) is 12.4 Å². The summed E-state index contributed by atoms with van der Waals surface area (Å²) in [5, 5.41) is 18.2. The van der Waals surface area contributed by atoms with Crippen LogP contribution in [0.5, 0.6) is 0 Å². The van der Waals surface area contributed by atoms with E-state index in [1.54, 1.807) is 29.0 Å². The number of anilines is 1. The number of carboxylic acid groups (broad SMARTS) is 1. The van der Waals surface area contributed by atoms with Crippen molar-refractivity contribution in [3.05, 3.63) is 52.2 Å². The number of hydrogen-bond acceptors (Lipinski definition) is 6. The Balaban J connectivity index is 2.14. The quantitative estimate of drug-likeness (QED) is 0.482. The van der Waals surface area contributed by atoms with Crippen molar-refractivity contribution in [1.82, 2.24) is 5.32 Å². The molecule has 2 atom stereocenters. The second kappa shape index (κ2) is 11.3. The van der Waals surface area contributed by atoms with E-state index in [4.69, 9.17) is 0 Å². The topological polar surface area (TPSA) is 122 Å². The summed E-state index contributed by atoms with van der Waals surface area (Å²) < 4.78 is 4.65. The Kier molecular flexibility index (Phi) is 8.75. The van der Waals surface area contributed by atoms with Crippen LogP contribution in [0.15, 0.2) is 41.1 Å². The van der Waals surface area contributed by atoms with Crippen molar-refractivity contribution in [2.45, 2.75) is 38.6 Å². The van der Waals surface area contributed by atoms with Crippen LogP contribution in [0.2, 0.25) is 0 Å². The average Bonchev–Trinajstić information content (AvgIpc) is 3.25. The first-order valence-electron chi connectivity index (χ1n) is 9.74. The average molecular weight is 447 g/mol. The number of ether oxygens (including phenoxy) is 1. The lowest BCUT2D eigenvalue weighted by Crippen LogP contribution is -2.46. The summed E-state index contributed by atoms with van der Waals surface area (Å²) >= 11 is 1.37. The lowest BCUT2D eigenvalue weighted by Gasteiger charge is -2.23. The highest BCUT2D eigenvalue weighted by Crippen LogP contribution is 2.23. The fourth-order valence-electron chi connectivity index (χ4n) is 3.02. The Hall–Kier alpha value is -3.20. The van der Waals surface area contributed by atoms with E-state index in [2.05, 4.69) is 15.4 Å². The van der Waals surface area contributed by atoms with E-state index in [0.717, 1.165) is 0 Å². The van der Waals surface area contributed by atoms with Crippen molar-refractivity contribution in [3.8, 4) is 0 Å². The van der Waals surface area contributed by atoms with Gasteiger partial charge in [0.2, 0.25) is 11.8 Å². The van der Waals surface area contributed by atoms with Crippen LogP contribution in [0, 0.1) is 5.92 Å². The number of carbonyl (C=O) groups is 4. The van der Waals surface area contributed by atoms with Crippen LogP contribution in [0.4, 0.5) is 5.69 Å². The molecule has 31 heavy (non-hydrogen) atoms. The molecule has 3 N–H and O–H groups in total.